The predicted octanol–water partition coefficient (Wildman–Crippen LogP) is 2.45. The molecule has 0 saturated heterocycles. The Kier molecular flexibility index (Phi) is 3.76. The number of fused-ring (bicyclic) bond motifs is 1. The summed E-state index contributed by atoms with van der Waals surface area (Å²) in [7, 11) is 0. The van der Waals surface area contributed by atoms with Gasteiger partial charge in [0.05, 0.1) is 6.42 Å². The molecule has 0 aliphatic carbocycles. The van der Waals surface area contributed by atoms with Crippen molar-refractivity contribution in [2.45, 2.75) is 25.8 Å². The first-order valence-electron chi connectivity index (χ1n) is 7.33. The summed E-state index contributed by atoms with van der Waals surface area (Å²) in [6.45, 7) is 2.64. The Morgan fingerprint density at radius 2 is 2.05 bits per heavy atom. The van der Waals surface area contributed by atoms with Crippen LogP contribution in [-0.2, 0) is 17.6 Å². The molecule has 0 spiro atoms. The fourth-order valence-electron chi connectivity index (χ4n) is 2.95. The normalized spacial score (nSPS) is 17.4. The predicted molar refractivity (Wildman–Crippen MR) is 85.4 cm³/mol. The Labute approximate surface area is 125 Å². The topological polar surface area (TPSA) is 46.3 Å². The molecule has 1 aliphatic rings. The van der Waals surface area contributed by atoms with Crippen molar-refractivity contribution in [3.8, 4) is 0 Å². The first-order valence-corrected chi connectivity index (χ1v) is 7.33. The van der Waals surface area contributed by atoms with Gasteiger partial charge in [0.25, 0.3) is 0 Å². The molecule has 1 atom stereocenters. The Bertz CT molecular complexity index is 666. The highest BCUT2D eigenvalue weighted by Gasteiger charge is 2.26. The van der Waals surface area contributed by atoms with E-state index in [1.807, 2.05) is 48.2 Å². The van der Waals surface area contributed by atoms with Crippen molar-refractivity contribution < 1.29 is 4.79 Å². The summed E-state index contributed by atoms with van der Waals surface area (Å²) in [6.07, 6.45) is 1.26. The molecule has 0 fully saturated rings. The van der Waals surface area contributed by atoms with Crippen molar-refractivity contribution in [3.63, 3.8) is 0 Å². The number of hydrogen-bond donors (Lipinski definition) is 1. The molecule has 3 nitrogen and oxygen atoms in total. The summed E-state index contributed by atoms with van der Waals surface area (Å²) in [5, 5.41) is 0. The highest BCUT2D eigenvalue weighted by molar-refractivity contribution is 5.96. The number of anilines is 1. The molecule has 0 saturated carbocycles. The Morgan fingerprint density at radius 3 is 2.86 bits per heavy atom. The number of hydrogen-bond acceptors (Lipinski definition) is 2. The van der Waals surface area contributed by atoms with Crippen molar-refractivity contribution in [2.75, 3.05) is 11.4 Å². The van der Waals surface area contributed by atoms with Crippen LogP contribution in [0.25, 0.3) is 0 Å². The number of nitrogens with zero attached hydrogens (tertiary/aromatic N) is 1. The summed E-state index contributed by atoms with van der Waals surface area (Å²) in [5.41, 5.74) is 10.5. The van der Waals surface area contributed by atoms with E-state index in [1.165, 1.54) is 5.56 Å². The maximum atomic E-state index is 12.7. The Balaban J connectivity index is 1.85. The SMILES string of the molecule is Cc1cccc(CC(=O)N2CC(N)Cc3ccccc32)c1. The van der Waals surface area contributed by atoms with Gasteiger partial charge in [-0.15, -0.1) is 0 Å². The van der Waals surface area contributed by atoms with Crippen LogP contribution in [0, 0.1) is 6.92 Å². The van der Waals surface area contributed by atoms with Gasteiger partial charge in [-0.2, -0.15) is 0 Å². The molecule has 3 heteroatoms. The molecule has 2 aromatic carbocycles. The maximum absolute atomic E-state index is 12.7. The lowest BCUT2D eigenvalue weighted by Gasteiger charge is -2.33. The van der Waals surface area contributed by atoms with Crippen LogP contribution in [0.15, 0.2) is 48.5 Å². The van der Waals surface area contributed by atoms with Crippen molar-refractivity contribution >= 4 is 11.6 Å². The van der Waals surface area contributed by atoms with Gasteiger partial charge >= 0.3 is 0 Å². The van der Waals surface area contributed by atoms with Gasteiger partial charge in [0, 0.05) is 18.3 Å². The van der Waals surface area contributed by atoms with E-state index in [0.717, 1.165) is 23.2 Å². The lowest BCUT2D eigenvalue weighted by molar-refractivity contribution is -0.118. The summed E-state index contributed by atoms with van der Waals surface area (Å²) in [6, 6.07) is 16.2. The first-order chi connectivity index (χ1) is 10.1. The molecule has 0 aromatic heterocycles. The second-order valence-electron chi connectivity index (χ2n) is 5.76. The van der Waals surface area contributed by atoms with Crippen LogP contribution in [0.3, 0.4) is 0 Å². The zero-order valence-electron chi connectivity index (χ0n) is 12.3. The minimum atomic E-state index is 0.0151. The van der Waals surface area contributed by atoms with Gasteiger partial charge in [0.1, 0.15) is 0 Å². The van der Waals surface area contributed by atoms with E-state index in [-0.39, 0.29) is 11.9 Å². The molecule has 1 unspecified atom stereocenters. The maximum Gasteiger partial charge on any atom is 0.231 e. The van der Waals surface area contributed by atoms with E-state index in [1.54, 1.807) is 0 Å². The van der Waals surface area contributed by atoms with E-state index in [4.69, 9.17) is 5.73 Å². The van der Waals surface area contributed by atoms with Crippen molar-refractivity contribution in [2.24, 2.45) is 5.73 Å². The molecule has 2 N–H and O–H groups in total. The minimum Gasteiger partial charge on any atom is -0.326 e. The summed E-state index contributed by atoms with van der Waals surface area (Å²) >= 11 is 0. The Hall–Kier alpha value is -2.13. The van der Waals surface area contributed by atoms with Crippen LogP contribution in [0.2, 0.25) is 0 Å². The number of rotatable bonds is 2. The van der Waals surface area contributed by atoms with Crippen molar-refractivity contribution in [1.29, 1.82) is 0 Å². The highest BCUT2D eigenvalue weighted by atomic mass is 16.2. The van der Waals surface area contributed by atoms with Gasteiger partial charge in [0.15, 0.2) is 0 Å². The van der Waals surface area contributed by atoms with Crippen LogP contribution in [0.4, 0.5) is 5.69 Å². The Morgan fingerprint density at radius 1 is 1.24 bits per heavy atom. The minimum absolute atomic E-state index is 0.0151. The summed E-state index contributed by atoms with van der Waals surface area (Å²) < 4.78 is 0. The standard InChI is InChI=1S/C18H20N2O/c1-13-5-4-6-14(9-13)10-18(21)20-12-16(19)11-15-7-2-3-8-17(15)20/h2-9,16H,10-12,19H2,1H3. The lowest BCUT2D eigenvalue weighted by atomic mass is 9.97. The third kappa shape index (κ3) is 2.98. The summed E-state index contributed by atoms with van der Waals surface area (Å²) in [4.78, 5) is 14.5. The van der Waals surface area contributed by atoms with Gasteiger partial charge in [-0.25, -0.2) is 0 Å². The van der Waals surface area contributed by atoms with Crippen molar-refractivity contribution in [3.05, 3.63) is 65.2 Å². The third-order valence-corrected chi connectivity index (χ3v) is 3.92. The molecule has 21 heavy (non-hydrogen) atoms. The molecule has 1 amide bonds. The molecule has 1 heterocycles. The number of para-hydroxylation sites is 1. The number of carbonyl (C=O) groups is 1. The van der Waals surface area contributed by atoms with Gasteiger partial charge in [-0.3, -0.25) is 4.79 Å². The third-order valence-electron chi connectivity index (χ3n) is 3.92. The number of nitrogens with two attached hydrogens (primary N) is 1. The van der Waals surface area contributed by atoms with Gasteiger partial charge < -0.3 is 10.6 Å². The van der Waals surface area contributed by atoms with Gasteiger partial charge in [0.2, 0.25) is 5.91 Å². The van der Waals surface area contributed by atoms with Gasteiger partial charge in [-0.05, 0) is 30.5 Å². The number of aryl methyl sites for hydroxylation is 1. The number of amides is 1. The summed E-state index contributed by atoms with van der Waals surface area (Å²) in [5.74, 6) is 0.114. The van der Waals surface area contributed by atoms with Crippen LogP contribution >= 0.6 is 0 Å². The molecule has 108 valence electrons. The average Bonchev–Trinajstić information content (AvgIpc) is 2.46. The number of benzene rings is 2. The van der Waals surface area contributed by atoms with Crippen LogP contribution in [-0.4, -0.2) is 18.5 Å². The van der Waals surface area contributed by atoms with E-state index < -0.39 is 0 Å². The van der Waals surface area contributed by atoms with E-state index in [2.05, 4.69) is 12.1 Å². The van der Waals surface area contributed by atoms with E-state index in [9.17, 15) is 4.79 Å². The highest BCUT2D eigenvalue weighted by Crippen LogP contribution is 2.27. The molecule has 2 aromatic rings. The monoisotopic (exact) mass is 280 g/mol. The molecular weight excluding hydrogens is 260 g/mol. The van der Waals surface area contributed by atoms with Crippen LogP contribution < -0.4 is 10.6 Å². The lowest BCUT2D eigenvalue weighted by Crippen LogP contribution is -2.46. The molecule has 0 radical (unpaired) electrons. The van der Waals surface area contributed by atoms with E-state index in [0.29, 0.717) is 13.0 Å². The molecule has 1 aliphatic heterocycles. The quantitative estimate of drug-likeness (QED) is 0.918. The fraction of sp³-hybridized carbons (Fsp3) is 0.278. The molecule has 3 rings (SSSR count). The van der Waals surface area contributed by atoms with Gasteiger partial charge in [-0.1, -0.05) is 48.0 Å². The second-order valence-corrected chi connectivity index (χ2v) is 5.76. The average molecular weight is 280 g/mol. The van der Waals surface area contributed by atoms with Crippen LogP contribution in [0.5, 0.6) is 0 Å². The second kappa shape index (κ2) is 5.70. The van der Waals surface area contributed by atoms with Crippen molar-refractivity contribution in [1.82, 2.24) is 0 Å². The molecular formula is C18H20N2O. The molecule has 0 bridgehead atoms. The van der Waals surface area contributed by atoms with E-state index >= 15 is 0 Å². The number of carbonyl (C=O) groups excluding carboxylic acids is 1. The smallest absolute Gasteiger partial charge is 0.231 e. The largest absolute Gasteiger partial charge is 0.326 e. The zero-order chi connectivity index (χ0) is 14.8. The van der Waals surface area contributed by atoms with Crippen LogP contribution in [0.1, 0.15) is 16.7 Å². The fourth-order valence-corrected chi connectivity index (χ4v) is 2.95. The first kappa shape index (κ1) is 13.8. The zero-order valence-corrected chi connectivity index (χ0v) is 12.3.